The van der Waals surface area contributed by atoms with Gasteiger partial charge in [0.15, 0.2) is 0 Å². The lowest BCUT2D eigenvalue weighted by atomic mass is 10.2. The molecule has 2 aromatic rings. The van der Waals surface area contributed by atoms with Crippen LogP contribution in [0.15, 0.2) is 18.2 Å². The second-order valence-electron chi connectivity index (χ2n) is 5.95. The van der Waals surface area contributed by atoms with Crippen LogP contribution in [0.1, 0.15) is 31.1 Å². The summed E-state index contributed by atoms with van der Waals surface area (Å²) in [5.41, 5.74) is 1.66. The van der Waals surface area contributed by atoms with Gasteiger partial charge in [-0.15, -0.1) is 0 Å². The summed E-state index contributed by atoms with van der Waals surface area (Å²) in [6.45, 7) is 0.761. The summed E-state index contributed by atoms with van der Waals surface area (Å²) in [5.74, 6) is 0.668. The number of benzene rings is 1. The number of carbonyl (C=O) groups excluding carboxylic acids is 1. The minimum Gasteiger partial charge on any atom is -0.340 e. The number of nitrogens with one attached hydrogen (secondary N) is 2. The third-order valence-corrected chi connectivity index (χ3v) is 5.02. The topological polar surface area (TPSA) is 95.2 Å². The molecule has 0 unspecified atom stereocenters. The maximum Gasteiger partial charge on any atom is 0.224 e. The lowest BCUT2D eigenvalue weighted by Crippen LogP contribution is -2.34. The van der Waals surface area contributed by atoms with Crippen LogP contribution in [0.2, 0.25) is 5.02 Å². The lowest BCUT2D eigenvalue weighted by Gasteiger charge is -2.23. The normalized spacial score (nSPS) is 18.4. The molecule has 1 fully saturated rings. The van der Waals surface area contributed by atoms with Gasteiger partial charge in [0.25, 0.3) is 0 Å². The van der Waals surface area contributed by atoms with Crippen molar-refractivity contribution in [1.82, 2.24) is 19.6 Å². The molecule has 2 N–H and O–H groups in total. The summed E-state index contributed by atoms with van der Waals surface area (Å²) in [6.07, 6.45) is 2.94. The average molecular weight is 371 g/mol. The first-order valence-electron chi connectivity index (χ1n) is 7.73. The predicted molar refractivity (Wildman–Crippen MR) is 92.3 cm³/mol. The maximum atomic E-state index is 12.4. The van der Waals surface area contributed by atoms with Gasteiger partial charge in [-0.1, -0.05) is 11.6 Å². The molecule has 1 aromatic heterocycles. The zero-order valence-electron chi connectivity index (χ0n) is 13.3. The van der Waals surface area contributed by atoms with E-state index in [2.05, 4.69) is 14.7 Å². The Balaban J connectivity index is 1.73. The second-order valence-corrected chi connectivity index (χ2v) is 8.21. The monoisotopic (exact) mass is 370 g/mol. The molecule has 1 aromatic carbocycles. The number of halogens is 1. The van der Waals surface area contributed by atoms with Gasteiger partial charge in [0.05, 0.1) is 23.3 Å². The minimum absolute atomic E-state index is 0.0767. The molecule has 130 valence electrons. The van der Waals surface area contributed by atoms with E-state index in [0.717, 1.165) is 36.0 Å². The van der Waals surface area contributed by atoms with E-state index in [-0.39, 0.29) is 24.9 Å². The summed E-state index contributed by atoms with van der Waals surface area (Å²) in [4.78, 5) is 22.0. The van der Waals surface area contributed by atoms with Crippen LogP contribution in [0.4, 0.5) is 0 Å². The Morgan fingerprint density at radius 1 is 1.50 bits per heavy atom. The van der Waals surface area contributed by atoms with Crippen LogP contribution in [0.25, 0.3) is 11.0 Å². The first-order chi connectivity index (χ1) is 11.3. The molecule has 0 aliphatic carbocycles. The average Bonchev–Trinajstić information content (AvgIpc) is 3.11. The molecule has 7 nitrogen and oxygen atoms in total. The number of sulfonamides is 1. The molecule has 1 amide bonds. The molecule has 0 bridgehead atoms. The van der Waals surface area contributed by atoms with Crippen molar-refractivity contribution in [3.8, 4) is 0 Å². The van der Waals surface area contributed by atoms with E-state index in [9.17, 15) is 13.2 Å². The number of amides is 1. The fourth-order valence-corrected chi connectivity index (χ4v) is 3.64. The Kier molecular flexibility index (Phi) is 4.80. The van der Waals surface area contributed by atoms with Crippen molar-refractivity contribution >= 4 is 38.6 Å². The molecule has 9 heteroatoms. The minimum atomic E-state index is -3.28. The molecule has 1 aliphatic rings. The van der Waals surface area contributed by atoms with Crippen LogP contribution in [-0.2, 0) is 14.8 Å². The Bertz CT molecular complexity index is 865. The van der Waals surface area contributed by atoms with E-state index in [1.165, 1.54) is 0 Å². The van der Waals surface area contributed by atoms with Crippen molar-refractivity contribution in [2.24, 2.45) is 0 Å². The van der Waals surface area contributed by atoms with Crippen molar-refractivity contribution in [2.75, 3.05) is 19.3 Å². The Morgan fingerprint density at radius 2 is 2.29 bits per heavy atom. The third-order valence-electron chi connectivity index (χ3n) is 4.05. The summed E-state index contributed by atoms with van der Waals surface area (Å²) >= 11 is 5.99. The SMILES string of the molecule is CS(=O)(=O)NCCC(=O)N1CCC[C@H]1c1nc2ccc(Cl)cc2[nH]1. The van der Waals surface area contributed by atoms with Gasteiger partial charge in [-0.05, 0) is 31.0 Å². The Labute approximate surface area is 145 Å². The lowest BCUT2D eigenvalue weighted by molar-refractivity contribution is -0.132. The summed E-state index contributed by atoms with van der Waals surface area (Å²) in [5, 5.41) is 0.629. The van der Waals surface area contributed by atoms with Gasteiger partial charge in [0, 0.05) is 24.5 Å². The van der Waals surface area contributed by atoms with Gasteiger partial charge in [-0.3, -0.25) is 4.79 Å². The highest BCUT2D eigenvalue weighted by Crippen LogP contribution is 2.32. The van der Waals surface area contributed by atoms with E-state index in [0.29, 0.717) is 11.6 Å². The van der Waals surface area contributed by atoms with Crippen LogP contribution in [0, 0.1) is 0 Å². The number of aromatic nitrogens is 2. The fourth-order valence-electron chi connectivity index (χ4n) is 3.00. The van der Waals surface area contributed by atoms with E-state index in [1.807, 2.05) is 12.1 Å². The predicted octanol–water partition coefficient (Wildman–Crippen LogP) is 1.82. The second kappa shape index (κ2) is 6.70. The highest BCUT2D eigenvalue weighted by Gasteiger charge is 2.31. The summed E-state index contributed by atoms with van der Waals surface area (Å²) < 4.78 is 24.5. The zero-order valence-corrected chi connectivity index (χ0v) is 14.8. The standard InChI is InChI=1S/C15H19ClN4O3S/c1-24(22,23)17-7-6-14(21)20-8-2-3-13(20)15-18-11-5-4-10(16)9-12(11)19-15/h4-5,9,13,17H,2-3,6-8H2,1H3,(H,18,19)/t13-/m0/s1. The third kappa shape index (κ3) is 3.88. The highest BCUT2D eigenvalue weighted by atomic mass is 35.5. The Hall–Kier alpha value is -1.64. The van der Waals surface area contributed by atoms with Crippen molar-refractivity contribution in [1.29, 1.82) is 0 Å². The fraction of sp³-hybridized carbons (Fsp3) is 0.467. The maximum absolute atomic E-state index is 12.4. The molecule has 1 aliphatic heterocycles. The van der Waals surface area contributed by atoms with Crippen molar-refractivity contribution < 1.29 is 13.2 Å². The van der Waals surface area contributed by atoms with Crippen molar-refractivity contribution in [3.63, 3.8) is 0 Å². The number of likely N-dealkylation sites (tertiary alicyclic amines) is 1. The highest BCUT2D eigenvalue weighted by molar-refractivity contribution is 7.88. The van der Waals surface area contributed by atoms with Crippen LogP contribution < -0.4 is 4.72 Å². The number of H-pyrrole nitrogens is 1. The van der Waals surface area contributed by atoms with Crippen LogP contribution in [0.3, 0.4) is 0 Å². The first kappa shape index (κ1) is 17.2. The van der Waals surface area contributed by atoms with Crippen LogP contribution in [-0.4, -0.2) is 48.5 Å². The smallest absolute Gasteiger partial charge is 0.224 e. The number of fused-ring (bicyclic) bond motifs is 1. The number of nitrogens with zero attached hydrogens (tertiary/aromatic N) is 2. The van der Waals surface area contributed by atoms with Gasteiger partial charge in [-0.25, -0.2) is 18.1 Å². The van der Waals surface area contributed by atoms with Gasteiger partial charge in [-0.2, -0.15) is 0 Å². The van der Waals surface area contributed by atoms with Gasteiger partial charge in [0.1, 0.15) is 5.82 Å². The molecule has 0 radical (unpaired) electrons. The molecule has 3 rings (SSSR count). The largest absolute Gasteiger partial charge is 0.340 e. The molecule has 24 heavy (non-hydrogen) atoms. The molecule has 0 saturated carbocycles. The summed E-state index contributed by atoms with van der Waals surface area (Å²) in [6, 6.07) is 5.32. The number of imidazole rings is 1. The van der Waals surface area contributed by atoms with Gasteiger partial charge in [0.2, 0.25) is 15.9 Å². The van der Waals surface area contributed by atoms with Crippen LogP contribution in [0.5, 0.6) is 0 Å². The molecular formula is C15H19ClN4O3S. The number of carbonyl (C=O) groups is 1. The quantitative estimate of drug-likeness (QED) is 0.839. The van der Waals surface area contributed by atoms with Gasteiger partial charge >= 0.3 is 0 Å². The molecular weight excluding hydrogens is 352 g/mol. The number of hydrogen-bond acceptors (Lipinski definition) is 4. The first-order valence-corrected chi connectivity index (χ1v) is 10.00. The Morgan fingerprint density at radius 3 is 3.04 bits per heavy atom. The van der Waals surface area contributed by atoms with Crippen molar-refractivity contribution in [2.45, 2.75) is 25.3 Å². The van der Waals surface area contributed by atoms with E-state index in [4.69, 9.17) is 11.6 Å². The van der Waals surface area contributed by atoms with Gasteiger partial charge < -0.3 is 9.88 Å². The number of aromatic amines is 1. The molecule has 1 atom stereocenters. The molecule has 2 heterocycles. The van der Waals surface area contributed by atoms with E-state index < -0.39 is 10.0 Å². The van der Waals surface area contributed by atoms with E-state index in [1.54, 1.807) is 11.0 Å². The number of rotatable bonds is 5. The number of hydrogen-bond donors (Lipinski definition) is 2. The molecule has 1 saturated heterocycles. The zero-order chi connectivity index (χ0) is 17.3. The molecule has 0 spiro atoms. The van der Waals surface area contributed by atoms with E-state index >= 15 is 0 Å². The van der Waals surface area contributed by atoms with Crippen LogP contribution >= 0.6 is 11.6 Å². The van der Waals surface area contributed by atoms with Crippen molar-refractivity contribution in [3.05, 3.63) is 29.0 Å². The summed E-state index contributed by atoms with van der Waals surface area (Å²) in [7, 11) is -3.28.